The third-order valence-corrected chi connectivity index (χ3v) is 8.53. The van der Waals surface area contributed by atoms with Crippen molar-refractivity contribution < 1.29 is 33.2 Å². The van der Waals surface area contributed by atoms with Crippen molar-refractivity contribution >= 4 is 39.2 Å². The molecule has 0 aliphatic heterocycles. The van der Waals surface area contributed by atoms with Crippen LogP contribution in [0.2, 0.25) is 0 Å². The van der Waals surface area contributed by atoms with E-state index in [-0.39, 0.29) is 5.73 Å². The fraction of sp³-hybridized carbons (Fsp3) is 1.00. The van der Waals surface area contributed by atoms with E-state index in [1.807, 2.05) is 0 Å². The first-order chi connectivity index (χ1) is 17.0. The standard InChI is InChI=1S/C24H49Cl3O7Si/c1-3-4-5-6-7-8-9-10-11-24(35(25,26)27)34-23-22-33-21-20-32-19-18-31-17-16-30-15-14-29-13-12-28-2/h24H,3-23H2,1-2H3. The predicted molar refractivity (Wildman–Crippen MR) is 146 cm³/mol. The van der Waals surface area contributed by atoms with E-state index in [2.05, 4.69) is 6.92 Å². The van der Waals surface area contributed by atoms with Gasteiger partial charge >= 0.3 is 6.00 Å². The van der Waals surface area contributed by atoms with Gasteiger partial charge in [-0.2, -0.15) is 0 Å². The number of ether oxygens (including phenoxy) is 7. The van der Waals surface area contributed by atoms with E-state index in [4.69, 9.17) is 66.4 Å². The molecule has 0 aliphatic carbocycles. The van der Waals surface area contributed by atoms with Gasteiger partial charge in [-0.3, -0.25) is 0 Å². The molecule has 0 rings (SSSR count). The zero-order valence-corrected chi connectivity index (χ0v) is 25.2. The van der Waals surface area contributed by atoms with Gasteiger partial charge in [-0.1, -0.05) is 58.3 Å². The highest BCUT2D eigenvalue weighted by atomic mass is 35.8. The summed E-state index contributed by atoms with van der Waals surface area (Å²) in [6.45, 7) is 8.49. The monoisotopic (exact) mass is 582 g/mol. The van der Waals surface area contributed by atoms with Crippen molar-refractivity contribution in [3.05, 3.63) is 0 Å². The lowest BCUT2D eigenvalue weighted by Gasteiger charge is -2.22. The van der Waals surface area contributed by atoms with E-state index in [1.165, 1.54) is 38.5 Å². The van der Waals surface area contributed by atoms with E-state index in [1.54, 1.807) is 7.11 Å². The Morgan fingerprint density at radius 2 is 0.886 bits per heavy atom. The molecule has 0 fully saturated rings. The second-order valence-electron chi connectivity index (χ2n) is 8.22. The Labute approximate surface area is 228 Å². The van der Waals surface area contributed by atoms with E-state index >= 15 is 0 Å². The molecular formula is C24H49Cl3O7Si. The molecule has 1 atom stereocenters. The molecule has 11 heteroatoms. The summed E-state index contributed by atoms with van der Waals surface area (Å²) in [6.07, 6.45) is 10.8. The maximum atomic E-state index is 6.23. The van der Waals surface area contributed by atoms with Gasteiger partial charge in [0.2, 0.25) is 0 Å². The molecule has 0 heterocycles. The number of halogens is 3. The fourth-order valence-electron chi connectivity index (χ4n) is 3.18. The zero-order valence-electron chi connectivity index (χ0n) is 21.9. The van der Waals surface area contributed by atoms with Crippen LogP contribution >= 0.6 is 33.2 Å². The molecular weight excluding hydrogens is 535 g/mol. The Bertz CT molecular complexity index is 421. The number of hydrogen-bond donors (Lipinski definition) is 0. The third-order valence-electron chi connectivity index (χ3n) is 5.15. The van der Waals surface area contributed by atoms with Crippen molar-refractivity contribution in [2.24, 2.45) is 0 Å². The van der Waals surface area contributed by atoms with Crippen LogP contribution in [-0.2, 0) is 33.2 Å². The minimum absolute atomic E-state index is 0.281. The van der Waals surface area contributed by atoms with Gasteiger partial charge in [0.05, 0.1) is 85.0 Å². The molecule has 0 aliphatic rings. The minimum Gasteiger partial charge on any atom is -0.382 e. The Morgan fingerprint density at radius 1 is 0.514 bits per heavy atom. The van der Waals surface area contributed by atoms with Gasteiger partial charge in [0.25, 0.3) is 0 Å². The van der Waals surface area contributed by atoms with Gasteiger partial charge in [-0.05, 0) is 6.42 Å². The molecule has 0 aromatic rings. The lowest BCUT2D eigenvalue weighted by molar-refractivity contribution is -0.0210. The largest absolute Gasteiger partial charge is 0.382 e. The summed E-state index contributed by atoms with van der Waals surface area (Å²) >= 11 is 18.7. The quantitative estimate of drug-likeness (QED) is 0.0624. The van der Waals surface area contributed by atoms with Gasteiger partial charge in [0.15, 0.2) is 0 Å². The van der Waals surface area contributed by atoms with Crippen molar-refractivity contribution in [1.82, 2.24) is 0 Å². The van der Waals surface area contributed by atoms with Gasteiger partial charge in [0, 0.05) is 7.11 Å². The second-order valence-corrected chi connectivity index (χ2v) is 17.1. The van der Waals surface area contributed by atoms with Crippen molar-refractivity contribution in [1.29, 1.82) is 0 Å². The van der Waals surface area contributed by atoms with Crippen LogP contribution in [0.1, 0.15) is 64.7 Å². The molecule has 212 valence electrons. The SMILES string of the molecule is CCCCCCCCCCC(OCCOCCOCCOCCOCCOCCOC)[Si](Cl)(Cl)Cl. The van der Waals surface area contributed by atoms with Crippen molar-refractivity contribution in [3.8, 4) is 0 Å². The first kappa shape index (κ1) is 35.8. The number of methoxy groups -OCH3 is 1. The molecule has 0 saturated heterocycles. The Kier molecular flexibility index (Phi) is 28.5. The van der Waals surface area contributed by atoms with Crippen LogP contribution in [0.5, 0.6) is 0 Å². The lowest BCUT2D eigenvalue weighted by Crippen LogP contribution is -2.35. The fourth-order valence-corrected chi connectivity index (χ4v) is 5.57. The molecule has 0 saturated carbocycles. The van der Waals surface area contributed by atoms with E-state index in [9.17, 15) is 0 Å². The zero-order chi connectivity index (χ0) is 25.9. The maximum Gasteiger partial charge on any atom is 0.369 e. The summed E-state index contributed by atoms with van der Waals surface area (Å²) in [7, 11) is 1.65. The number of hydrogen-bond acceptors (Lipinski definition) is 7. The normalized spacial score (nSPS) is 12.9. The van der Waals surface area contributed by atoms with Gasteiger partial charge < -0.3 is 33.2 Å². The summed E-state index contributed by atoms with van der Waals surface area (Å²) in [6, 6.07) is -2.90. The highest BCUT2D eigenvalue weighted by Crippen LogP contribution is 2.30. The average molecular weight is 584 g/mol. The molecule has 0 aromatic heterocycles. The van der Waals surface area contributed by atoms with Crippen LogP contribution in [0.15, 0.2) is 0 Å². The van der Waals surface area contributed by atoms with Crippen LogP contribution < -0.4 is 0 Å². The van der Waals surface area contributed by atoms with Crippen LogP contribution in [0.4, 0.5) is 0 Å². The highest BCUT2D eigenvalue weighted by molar-refractivity contribution is 7.65. The van der Waals surface area contributed by atoms with Gasteiger partial charge in [-0.25, -0.2) is 0 Å². The molecule has 0 aromatic carbocycles. The number of unbranched alkanes of at least 4 members (excludes halogenated alkanes) is 7. The summed E-state index contributed by atoms with van der Waals surface area (Å²) in [4.78, 5) is 0. The summed E-state index contributed by atoms with van der Waals surface area (Å²) in [5.74, 6) is 0. The molecule has 1 unspecified atom stereocenters. The van der Waals surface area contributed by atoms with E-state index in [0.717, 1.165) is 19.3 Å². The average Bonchev–Trinajstić information content (AvgIpc) is 2.82. The molecule has 0 bridgehead atoms. The molecule has 0 N–H and O–H groups in total. The minimum atomic E-state index is -2.90. The third kappa shape index (κ3) is 27.7. The topological polar surface area (TPSA) is 64.6 Å². The highest BCUT2D eigenvalue weighted by Gasteiger charge is 2.37. The molecule has 0 amide bonds. The maximum absolute atomic E-state index is 6.23. The van der Waals surface area contributed by atoms with Crippen LogP contribution in [0.25, 0.3) is 0 Å². The summed E-state index contributed by atoms with van der Waals surface area (Å²) < 4.78 is 37.9. The molecule has 7 nitrogen and oxygen atoms in total. The molecule has 35 heavy (non-hydrogen) atoms. The Hall–Kier alpha value is 0.807. The van der Waals surface area contributed by atoms with Crippen LogP contribution in [0, 0.1) is 0 Å². The summed E-state index contributed by atoms with van der Waals surface area (Å²) in [5, 5.41) is 0. The Balaban J connectivity index is 3.46. The summed E-state index contributed by atoms with van der Waals surface area (Å²) in [5.41, 5.74) is -0.281. The molecule has 0 spiro atoms. The van der Waals surface area contributed by atoms with E-state index in [0.29, 0.717) is 79.3 Å². The molecule has 0 radical (unpaired) electrons. The van der Waals surface area contributed by atoms with Crippen molar-refractivity contribution in [3.63, 3.8) is 0 Å². The number of rotatable bonds is 29. The van der Waals surface area contributed by atoms with Gasteiger partial charge in [-0.15, -0.1) is 33.2 Å². The lowest BCUT2D eigenvalue weighted by atomic mass is 10.1. The smallest absolute Gasteiger partial charge is 0.369 e. The Morgan fingerprint density at radius 3 is 1.29 bits per heavy atom. The van der Waals surface area contributed by atoms with Crippen LogP contribution in [0.3, 0.4) is 0 Å². The van der Waals surface area contributed by atoms with Gasteiger partial charge in [0.1, 0.15) is 0 Å². The predicted octanol–water partition coefficient (Wildman–Crippen LogP) is 5.83. The van der Waals surface area contributed by atoms with Crippen LogP contribution in [-0.4, -0.2) is 98.1 Å². The first-order valence-electron chi connectivity index (χ1n) is 13.1. The van der Waals surface area contributed by atoms with Crippen molar-refractivity contribution in [2.45, 2.75) is 70.4 Å². The van der Waals surface area contributed by atoms with E-state index < -0.39 is 6.00 Å². The second kappa shape index (κ2) is 27.8. The first-order valence-corrected chi connectivity index (χ1v) is 18.2. The van der Waals surface area contributed by atoms with Crippen molar-refractivity contribution in [2.75, 3.05) is 86.4 Å².